The van der Waals surface area contributed by atoms with Crippen LogP contribution in [-0.2, 0) is 14.3 Å². The Morgan fingerprint density at radius 3 is 2.12 bits per heavy atom. The quantitative estimate of drug-likeness (QED) is 0.629. The van der Waals surface area contributed by atoms with Crippen molar-refractivity contribution in [1.82, 2.24) is 0 Å². The maximum absolute atomic E-state index is 12.5. The predicted octanol–water partition coefficient (Wildman–Crippen LogP) is 5.57. The summed E-state index contributed by atoms with van der Waals surface area (Å²) in [5.41, 5.74) is 1.07. The molecular weight excluding hydrogens is 397 g/mol. The van der Waals surface area contributed by atoms with Gasteiger partial charge in [-0.1, -0.05) is 66.8 Å². The smallest absolute Gasteiger partial charge is 0.314 e. The van der Waals surface area contributed by atoms with E-state index in [1.54, 1.807) is 42.5 Å². The zero-order valence-corrected chi connectivity index (χ0v) is 16.5. The van der Waals surface area contributed by atoms with Crippen molar-refractivity contribution in [2.45, 2.75) is 19.8 Å². The summed E-state index contributed by atoms with van der Waals surface area (Å²) in [5.74, 6) is -1.51. The summed E-state index contributed by atoms with van der Waals surface area (Å²) in [6.45, 7) is 3.38. The number of rotatable bonds is 6. The van der Waals surface area contributed by atoms with Gasteiger partial charge in [-0.25, -0.2) is 0 Å². The Balaban J connectivity index is 2.01. The summed E-state index contributed by atoms with van der Waals surface area (Å²) in [6.07, 6.45) is 0. The second-order valence-corrected chi connectivity index (χ2v) is 7.28. The van der Waals surface area contributed by atoms with Crippen LogP contribution < -0.4 is 5.32 Å². The van der Waals surface area contributed by atoms with Gasteiger partial charge in [0.1, 0.15) is 0 Å². The van der Waals surface area contributed by atoms with Crippen LogP contribution in [-0.4, -0.2) is 18.5 Å². The summed E-state index contributed by atoms with van der Waals surface area (Å²) in [6, 6.07) is 11.8. The Kier molecular flexibility index (Phi) is 7.33. The molecule has 26 heavy (non-hydrogen) atoms. The van der Waals surface area contributed by atoms with Crippen molar-refractivity contribution in [3.05, 3.63) is 63.1 Å². The summed E-state index contributed by atoms with van der Waals surface area (Å²) >= 11 is 17.9. The van der Waals surface area contributed by atoms with Gasteiger partial charge in [-0.05, 0) is 35.7 Å². The van der Waals surface area contributed by atoms with Crippen LogP contribution in [0.4, 0.5) is 5.69 Å². The fourth-order valence-corrected chi connectivity index (χ4v) is 3.10. The molecule has 0 aliphatic carbocycles. The molecule has 1 atom stereocenters. The molecule has 2 aromatic rings. The molecule has 0 aliphatic heterocycles. The number of esters is 1. The van der Waals surface area contributed by atoms with Crippen LogP contribution >= 0.6 is 34.8 Å². The molecule has 0 aromatic heterocycles. The molecule has 0 fully saturated rings. The first-order valence-corrected chi connectivity index (χ1v) is 9.09. The zero-order chi connectivity index (χ0) is 19.3. The first kappa shape index (κ1) is 20.6. The molecule has 0 heterocycles. The van der Waals surface area contributed by atoms with E-state index < -0.39 is 24.4 Å². The molecule has 2 rings (SSSR count). The molecule has 0 radical (unpaired) electrons. The van der Waals surface area contributed by atoms with Crippen molar-refractivity contribution in [2.24, 2.45) is 5.92 Å². The van der Waals surface area contributed by atoms with Crippen LogP contribution in [0, 0.1) is 5.92 Å². The average molecular weight is 415 g/mol. The third kappa shape index (κ3) is 5.37. The number of ether oxygens (including phenoxy) is 1. The van der Waals surface area contributed by atoms with E-state index in [0.29, 0.717) is 15.1 Å². The second-order valence-electron chi connectivity index (χ2n) is 6.03. The van der Waals surface area contributed by atoms with E-state index in [1.165, 1.54) is 0 Å². The first-order chi connectivity index (χ1) is 12.3. The minimum Gasteiger partial charge on any atom is -0.455 e. The van der Waals surface area contributed by atoms with E-state index in [2.05, 4.69) is 5.32 Å². The van der Waals surface area contributed by atoms with Crippen molar-refractivity contribution in [3.8, 4) is 0 Å². The van der Waals surface area contributed by atoms with Crippen LogP contribution in [0.2, 0.25) is 15.1 Å². The number of nitrogens with one attached hydrogen (secondary N) is 1. The van der Waals surface area contributed by atoms with Gasteiger partial charge in [-0.3, -0.25) is 9.59 Å². The molecular formula is C19H18Cl3NO3. The van der Waals surface area contributed by atoms with E-state index in [-0.39, 0.29) is 11.6 Å². The number of para-hydroxylation sites is 1. The highest BCUT2D eigenvalue weighted by Crippen LogP contribution is 2.30. The summed E-state index contributed by atoms with van der Waals surface area (Å²) in [7, 11) is 0. The van der Waals surface area contributed by atoms with E-state index in [4.69, 9.17) is 39.5 Å². The summed E-state index contributed by atoms with van der Waals surface area (Å²) in [4.78, 5) is 24.5. The predicted molar refractivity (Wildman–Crippen MR) is 105 cm³/mol. The van der Waals surface area contributed by atoms with Crippen LogP contribution in [0.3, 0.4) is 0 Å². The second kappa shape index (κ2) is 9.26. The largest absolute Gasteiger partial charge is 0.455 e. The van der Waals surface area contributed by atoms with E-state index >= 15 is 0 Å². The monoisotopic (exact) mass is 413 g/mol. The van der Waals surface area contributed by atoms with E-state index in [9.17, 15) is 9.59 Å². The SMILES string of the molecule is CC(C)[C@@H](C(=O)OCC(=O)Nc1c(Cl)cccc1Cl)c1ccc(Cl)cc1. The van der Waals surface area contributed by atoms with E-state index in [0.717, 1.165) is 5.56 Å². The van der Waals surface area contributed by atoms with Gasteiger partial charge in [0, 0.05) is 5.02 Å². The average Bonchev–Trinajstić information content (AvgIpc) is 2.58. The normalized spacial score (nSPS) is 11.9. The first-order valence-electron chi connectivity index (χ1n) is 7.95. The molecule has 0 saturated heterocycles. The molecule has 0 aliphatic rings. The minimum atomic E-state index is -0.521. The zero-order valence-electron chi connectivity index (χ0n) is 14.3. The van der Waals surface area contributed by atoms with Gasteiger partial charge in [0.05, 0.1) is 21.7 Å². The van der Waals surface area contributed by atoms with Crippen molar-refractivity contribution < 1.29 is 14.3 Å². The third-order valence-electron chi connectivity index (χ3n) is 3.72. The lowest BCUT2D eigenvalue weighted by Gasteiger charge is -2.20. The fraction of sp³-hybridized carbons (Fsp3) is 0.263. The van der Waals surface area contributed by atoms with Gasteiger partial charge in [0.2, 0.25) is 0 Å². The Hall–Kier alpha value is -1.75. The number of carbonyl (C=O) groups is 2. The number of anilines is 1. The van der Waals surface area contributed by atoms with Gasteiger partial charge in [-0.2, -0.15) is 0 Å². The number of benzene rings is 2. The Labute approximate surface area is 167 Å². The maximum Gasteiger partial charge on any atom is 0.314 e. The molecule has 0 unspecified atom stereocenters. The topological polar surface area (TPSA) is 55.4 Å². The maximum atomic E-state index is 12.5. The highest BCUT2D eigenvalue weighted by Gasteiger charge is 2.26. The molecule has 138 valence electrons. The van der Waals surface area contributed by atoms with Gasteiger partial charge in [-0.15, -0.1) is 0 Å². The molecule has 0 spiro atoms. The highest BCUT2D eigenvalue weighted by molar-refractivity contribution is 6.39. The molecule has 7 heteroatoms. The van der Waals surface area contributed by atoms with Crippen molar-refractivity contribution in [3.63, 3.8) is 0 Å². The Morgan fingerprint density at radius 1 is 1.00 bits per heavy atom. The van der Waals surface area contributed by atoms with Gasteiger partial charge in [0.15, 0.2) is 6.61 Å². The lowest BCUT2D eigenvalue weighted by molar-refractivity contribution is -0.149. The fourth-order valence-electron chi connectivity index (χ4n) is 2.48. The number of hydrogen-bond acceptors (Lipinski definition) is 3. The summed E-state index contributed by atoms with van der Waals surface area (Å²) in [5, 5.41) is 3.74. The molecule has 4 nitrogen and oxygen atoms in total. The third-order valence-corrected chi connectivity index (χ3v) is 4.60. The standard InChI is InChI=1S/C19H18Cl3NO3/c1-11(2)17(12-6-8-13(20)9-7-12)19(25)26-10-16(24)23-18-14(21)4-3-5-15(18)22/h3-9,11,17H,10H2,1-2H3,(H,23,24)/t17-/m1/s1. The van der Waals surface area contributed by atoms with Crippen LogP contribution in [0.25, 0.3) is 0 Å². The number of carbonyl (C=O) groups excluding carboxylic acids is 2. The minimum absolute atomic E-state index is 0.00949. The van der Waals surface area contributed by atoms with Gasteiger partial charge in [0.25, 0.3) is 5.91 Å². The molecule has 1 amide bonds. The lowest BCUT2D eigenvalue weighted by atomic mass is 9.88. The Morgan fingerprint density at radius 2 is 1.58 bits per heavy atom. The number of amides is 1. The van der Waals surface area contributed by atoms with Crippen LogP contribution in [0.5, 0.6) is 0 Å². The lowest BCUT2D eigenvalue weighted by Crippen LogP contribution is -2.26. The number of hydrogen-bond donors (Lipinski definition) is 1. The van der Waals surface area contributed by atoms with Crippen molar-refractivity contribution in [2.75, 3.05) is 11.9 Å². The Bertz CT molecular complexity index is 771. The number of halogens is 3. The summed E-state index contributed by atoms with van der Waals surface area (Å²) < 4.78 is 5.19. The van der Waals surface area contributed by atoms with Gasteiger partial charge < -0.3 is 10.1 Å². The van der Waals surface area contributed by atoms with E-state index in [1.807, 2.05) is 13.8 Å². The van der Waals surface area contributed by atoms with Crippen LogP contribution in [0.1, 0.15) is 25.3 Å². The van der Waals surface area contributed by atoms with Gasteiger partial charge >= 0.3 is 5.97 Å². The van der Waals surface area contributed by atoms with Crippen LogP contribution in [0.15, 0.2) is 42.5 Å². The highest BCUT2D eigenvalue weighted by atomic mass is 35.5. The molecule has 0 bridgehead atoms. The molecule has 2 aromatic carbocycles. The van der Waals surface area contributed by atoms with Crippen molar-refractivity contribution in [1.29, 1.82) is 0 Å². The molecule has 0 saturated carbocycles. The van der Waals surface area contributed by atoms with Crippen molar-refractivity contribution >= 4 is 52.4 Å². The molecule has 1 N–H and O–H groups in total.